The molecular formula is C12H18N2O3. The predicted molar refractivity (Wildman–Crippen MR) is 59.6 cm³/mol. The van der Waals surface area contributed by atoms with Crippen molar-refractivity contribution in [2.24, 2.45) is 0 Å². The number of nitrogens with zero attached hydrogens (tertiary/aromatic N) is 1. The summed E-state index contributed by atoms with van der Waals surface area (Å²) in [7, 11) is 0. The molecule has 1 saturated heterocycles. The second-order valence-electron chi connectivity index (χ2n) is 4.41. The van der Waals surface area contributed by atoms with Crippen molar-refractivity contribution in [1.29, 1.82) is 0 Å². The van der Waals surface area contributed by atoms with E-state index in [4.69, 9.17) is 4.42 Å². The average molecular weight is 238 g/mol. The van der Waals surface area contributed by atoms with Crippen LogP contribution >= 0.6 is 0 Å². The van der Waals surface area contributed by atoms with Gasteiger partial charge in [0.2, 0.25) is 0 Å². The van der Waals surface area contributed by atoms with Gasteiger partial charge in [-0.05, 0) is 18.7 Å². The van der Waals surface area contributed by atoms with Crippen LogP contribution in [0.3, 0.4) is 0 Å². The smallest absolute Gasteiger partial charge is 0.159 e. The zero-order valence-corrected chi connectivity index (χ0v) is 10.1. The highest BCUT2D eigenvalue weighted by atomic mass is 16.4. The molecule has 1 aliphatic rings. The van der Waals surface area contributed by atoms with E-state index in [1.54, 1.807) is 6.07 Å². The third kappa shape index (κ3) is 3.08. The summed E-state index contributed by atoms with van der Waals surface area (Å²) in [6, 6.07) is 3.19. The lowest BCUT2D eigenvalue weighted by Gasteiger charge is -2.30. The van der Waals surface area contributed by atoms with Gasteiger partial charge in [-0.15, -0.1) is 0 Å². The third-order valence-electron chi connectivity index (χ3n) is 3.30. The molecule has 1 aliphatic heterocycles. The number of carbonyl (C=O) groups excluding carboxylic acids is 1. The maximum atomic E-state index is 10.6. The molecule has 0 radical (unpaired) electrons. The van der Waals surface area contributed by atoms with Gasteiger partial charge in [0, 0.05) is 13.1 Å². The molecule has 2 heterocycles. The Morgan fingerprint density at radius 1 is 1.47 bits per heavy atom. The molecule has 5 nitrogen and oxygen atoms in total. The monoisotopic (exact) mass is 238 g/mol. The second kappa shape index (κ2) is 5.33. The fourth-order valence-electron chi connectivity index (χ4n) is 2.19. The first-order valence-corrected chi connectivity index (χ1v) is 6.05. The summed E-state index contributed by atoms with van der Waals surface area (Å²) in [5.74, 6) is -0.599. The lowest BCUT2D eigenvalue weighted by Crippen LogP contribution is -3.13. The summed E-state index contributed by atoms with van der Waals surface area (Å²) in [6.45, 7) is 8.38. The maximum absolute atomic E-state index is 10.6. The number of carboxylic acid groups (broad SMARTS) is 1. The molecule has 0 spiro atoms. The number of rotatable bonds is 4. The second-order valence-corrected chi connectivity index (χ2v) is 4.41. The van der Waals surface area contributed by atoms with Crippen LogP contribution in [0.25, 0.3) is 0 Å². The highest BCUT2D eigenvalue weighted by molar-refractivity contribution is 5.82. The van der Waals surface area contributed by atoms with Crippen LogP contribution in [0.2, 0.25) is 0 Å². The van der Waals surface area contributed by atoms with Crippen LogP contribution in [0.15, 0.2) is 16.5 Å². The van der Waals surface area contributed by atoms with E-state index in [9.17, 15) is 9.90 Å². The minimum atomic E-state index is -1.25. The molecule has 0 aliphatic carbocycles. The first-order chi connectivity index (χ1) is 8.19. The lowest BCUT2D eigenvalue weighted by molar-refractivity contribution is -0.919. The van der Waals surface area contributed by atoms with Crippen molar-refractivity contribution in [3.8, 4) is 0 Å². The van der Waals surface area contributed by atoms with Crippen molar-refractivity contribution in [2.45, 2.75) is 13.5 Å². The Kier molecular flexibility index (Phi) is 3.81. The molecule has 1 aromatic rings. The summed E-state index contributed by atoms with van der Waals surface area (Å²) in [6.07, 6.45) is 0. The molecule has 0 amide bonds. The van der Waals surface area contributed by atoms with Crippen molar-refractivity contribution >= 4 is 5.97 Å². The van der Waals surface area contributed by atoms with E-state index in [1.165, 1.54) is 11.0 Å². The molecule has 5 heteroatoms. The zero-order valence-electron chi connectivity index (χ0n) is 10.1. The largest absolute Gasteiger partial charge is 0.542 e. The van der Waals surface area contributed by atoms with Gasteiger partial charge < -0.3 is 19.2 Å². The summed E-state index contributed by atoms with van der Waals surface area (Å²) in [5.41, 5.74) is 0. The number of aromatic carboxylic acids is 1. The molecular weight excluding hydrogens is 220 g/mol. The number of carboxylic acids is 1. The van der Waals surface area contributed by atoms with Crippen LogP contribution in [-0.4, -0.2) is 43.6 Å². The van der Waals surface area contributed by atoms with Gasteiger partial charge in [-0.1, -0.05) is 6.92 Å². The molecule has 0 aromatic carbocycles. The fourth-order valence-corrected chi connectivity index (χ4v) is 2.19. The molecule has 94 valence electrons. The Morgan fingerprint density at radius 2 is 2.18 bits per heavy atom. The van der Waals surface area contributed by atoms with E-state index in [2.05, 4.69) is 11.8 Å². The standard InChI is InChI=1S/C12H18N2O3/c1-2-13-5-7-14(8-6-13)9-10-3-4-11(17-10)12(15)16/h3-4H,2,5-9H2,1H3,(H,15,16). The number of carbonyl (C=O) groups is 1. The van der Waals surface area contributed by atoms with Gasteiger partial charge in [0.25, 0.3) is 0 Å². The van der Waals surface area contributed by atoms with Crippen LogP contribution in [0, 0.1) is 0 Å². The van der Waals surface area contributed by atoms with Crippen LogP contribution in [-0.2, 0) is 6.54 Å². The van der Waals surface area contributed by atoms with Crippen molar-refractivity contribution < 1.29 is 19.2 Å². The van der Waals surface area contributed by atoms with Gasteiger partial charge in [0.15, 0.2) is 5.76 Å². The van der Waals surface area contributed by atoms with Crippen LogP contribution in [0.1, 0.15) is 23.2 Å². The van der Waals surface area contributed by atoms with Crippen molar-refractivity contribution in [1.82, 2.24) is 4.90 Å². The number of hydrogen-bond donors (Lipinski definition) is 1. The lowest BCUT2D eigenvalue weighted by atomic mass is 10.3. The first kappa shape index (κ1) is 12.1. The fraction of sp³-hybridized carbons (Fsp3) is 0.583. The minimum absolute atomic E-state index is 0.0772. The Bertz CT molecular complexity index is 381. The number of piperazine rings is 1. The highest BCUT2D eigenvalue weighted by Crippen LogP contribution is 2.05. The quantitative estimate of drug-likeness (QED) is 0.684. The van der Waals surface area contributed by atoms with Crippen molar-refractivity contribution in [2.75, 3.05) is 32.7 Å². The molecule has 0 saturated carbocycles. The number of likely N-dealkylation sites (N-methyl/N-ethyl adjacent to an activating group) is 1. The predicted octanol–water partition coefficient (Wildman–Crippen LogP) is -1.64. The molecule has 1 N–H and O–H groups in total. The Labute approximate surface area is 101 Å². The summed E-state index contributed by atoms with van der Waals surface area (Å²) in [4.78, 5) is 14.4. The van der Waals surface area contributed by atoms with Gasteiger partial charge in [0.05, 0.1) is 13.1 Å². The summed E-state index contributed by atoms with van der Waals surface area (Å²) >= 11 is 0. The summed E-state index contributed by atoms with van der Waals surface area (Å²) < 4.78 is 5.20. The molecule has 0 bridgehead atoms. The van der Waals surface area contributed by atoms with Crippen molar-refractivity contribution in [3.63, 3.8) is 0 Å². The number of quaternary nitrogens is 1. The molecule has 17 heavy (non-hydrogen) atoms. The van der Waals surface area contributed by atoms with Crippen molar-refractivity contribution in [3.05, 3.63) is 23.7 Å². The van der Waals surface area contributed by atoms with Gasteiger partial charge in [-0.3, -0.25) is 4.90 Å². The third-order valence-corrected chi connectivity index (χ3v) is 3.30. The van der Waals surface area contributed by atoms with Gasteiger partial charge in [-0.2, -0.15) is 0 Å². The van der Waals surface area contributed by atoms with Crippen LogP contribution < -0.4 is 10.0 Å². The van der Waals surface area contributed by atoms with Gasteiger partial charge in [-0.25, -0.2) is 0 Å². The maximum Gasteiger partial charge on any atom is 0.159 e. The average Bonchev–Trinajstić information content (AvgIpc) is 2.79. The number of nitrogens with one attached hydrogen (secondary N) is 1. The molecule has 0 unspecified atom stereocenters. The molecule has 1 fully saturated rings. The topological polar surface area (TPSA) is 61.0 Å². The van der Waals surface area contributed by atoms with E-state index in [0.29, 0.717) is 0 Å². The Hall–Kier alpha value is -1.33. The SMILES string of the molecule is CCN1CC[NH+](Cc2ccc(C(=O)[O-])o2)CC1. The Balaban J connectivity index is 1.86. The number of hydrogen-bond acceptors (Lipinski definition) is 4. The molecule has 0 atom stereocenters. The minimum Gasteiger partial charge on any atom is -0.542 e. The number of furan rings is 1. The van der Waals surface area contributed by atoms with E-state index in [0.717, 1.165) is 45.0 Å². The van der Waals surface area contributed by atoms with Gasteiger partial charge in [0.1, 0.15) is 18.3 Å². The van der Waals surface area contributed by atoms with E-state index in [-0.39, 0.29) is 5.76 Å². The van der Waals surface area contributed by atoms with E-state index >= 15 is 0 Å². The van der Waals surface area contributed by atoms with E-state index < -0.39 is 5.97 Å². The first-order valence-electron chi connectivity index (χ1n) is 6.05. The van der Waals surface area contributed by atoms with Crippen LogP contribution in [0.4, 0.5) is 0 Å². The van der Waals surface area contributed by atoms with Gasteiger partial charge >= 0.3 is 0 Å². The normalized spacial score (nSPS) is 18.4. The Morgan fingerprint density at radius 3 is 2.71 bits per heavy atom. The molecule has 1 aromatic heterocycles. The summed E-state index contributed by atoms with van der Waals surface area (Å²) in [5, 5.41) is 10.6. The zero-order chi connectivity index (χ0) is 12.3. The van der Waals surface area contributed by atoms with Crippen LogP contribution in [0.5, 0.6) is 0 Å². The van der Waals surface area contributed by atoms with E-state index in [1.807, 2.05) is 0 Å². The molecule has 2 rings (SSSR count). The highest BCUT2D eigenvalue weighted by Gasteiger charge is 2.19.